The molecule has 0 spiro atoms. The third kappa shape index (κ3) is 5.72. The van der Waals surface area contributed by atoms with Crippen molar-refractivity contribution in [1.29, 1.82) is 0 Å². The Balaban J connectivity index is 2.35. The summed E-state index contributed by atoms with van der Waals surface area (Å²) < 4.78 is 11.7. The zero-order chi connectivity index (χ0) is 22.1. The van der Waals surface area contributed by atoms with Gasteiger partial charge in [-0.3, -0.25) is 9.59 Å². The first-order valence-corrected chi connectivity index (χ1v) is 10.4. The fourth-order valence-corrected chi connectivity index (χ4v) is 3.14. The second-order valence-corrected chi connectivity index (χ2v) is 7.06. The molecule has 0 unspecified atom stereocenters. The molecule has 0 aliphatic heterocycles. The molecule has 0 saturated heterocycles. The third-order valence-corrected chi connectivity index (χ3v) is 4.57. The van der Waals surface area contributed by atoms with Crippen LogP contribution in [0.5, 0.6) is 11.5 Å². The highest BCUT2D eigenvalue weighted by atomic mass is 16.5. The Morgan fingerprint density at radius 2 is 1.53 bits per heavy atom. The summed E-state index contributed by atoms with van der Waals surface area (Å²) in [4.78, 5) is 26.2. The number of ketones is 1. The van der Waals surface area contributed by atoms with Crippen molar-refractivity contribution >= 4 is 17.8 Å². The Labute approximate surface area is 179 Å². The van der Waals surface area contributed by atoms with E-state index in [0.29, 0.717) is 30.1 Å². The molecule has 0 N–H and O–H groups in total. The molecule has 0 bridgehead atoms. The molecule has 2 aromatic rings. The maximum absolute atomic E-state index is 12.7. The quantitative estimate of drug-likeness (QED) is 0.408. The largest absolute Gasteiger partial charge is 0.493 e. The molecule has 0 atom stereocenters. The number of hydrogen-bond acceptors (Lipinski definition) is 4. The number of nitrogens with zero attached hydrogens (tertiary/aromatic N) is 1. The van der Waals surface area contributed by atoms with Gasteiger partial charge in [-0.1, -0.05) is 31.5 Å². The average Bonchev–Trinajstić information content (AvgIpc) is 2.74. The lowest BCUT2D eigenvalue weighted by atomic mass is 10.0. The molecule has 5 nitrogen and oxygen atoms in total. The van der Waals surface area contributed by atoms with Crippen molar-refractivity contribution < 1.29 is 19.1 Å². The van der Waals surface area contributed by atoms with Gasteiger partial charge in [-0.25, -0.2) is 0 Å². The number of carbonyl (C=O) groups is 2. The van der Waals surface area contributed by atoms with Gasteiger partial charge in [0.25, 0.3) is 5.91 Å². The van der Waals surface area contributed by atoms with Crippen molar-refractivity contribution in [2.24, 2.45) is 0 Å². The average molecular weight is 410 g/mol. The number of ether oxygens (including phenoxy) is 2. The summed E-state index contributed by atoms with van der Waals surface area (Å²) in [5.41, 5.74) is 2.94. The first-order chi connectivity index (χ1) is 14.4. The fourth-order valence-electron chi connectivity index (χ4n) is 3.14. The number of carbonyl (C=O) groups excluding carboxylic acids is 2. The molecule has 1 amide bonds. The topological polar surface area (TPSA) is 55.8 Å². The van der Waals surface area contributed by atoms with Crippen LogP contribution in [-0.4, -0.2) is 43.9 Å². The number of aryl methyl sites for hydroxylation is 1. The Hall–Kier alpha value is -3.08. The van der Waals surface area contributed by atoms with E-state index >= 15 is 0 Å². The molecule has 0 radical (unpaired) electrons. The van der Waals surface area contributed by atoms with Gasteiger partial charge < -0.3 is 14.4 Å². The van der Waals surface area contributed by atoms with Gasteiger partial charge in [-0.05, 0) is 56.2 Å². The van der Waals surface area contributed by atoms with E-state index in [1.54, 1.807) is 44.4 Å². The van der Waals surface area contributed by atoms with Crippen LogP contribution in [0.25, 0.3) is 6.08 Å². The first-order valence-electron chi connectivity index (χ1n) is 10.4. The molecule has 0 aromatic heterocycles. The Morgan fingerprint density at radius 3 is 2.10 bits per heavy atom. The Kier molecular flexibility index (Phi) is 8.66. The number of hydrogen-bond donors (Lipinski definition) is 0. The zero-order valence-electron chi connectivity index (χ0n) is 18.5. The lowest BCUT2D eigenvalue weighted by Crippen LogP contribution is -2.21. The SMILES string of the molecule is CCCc1ccc(OCC)c(/C=C/C(=O)c2ccc(C(=O)N(C)C)cc2)c1OCC. The lowest BCUT2D eigenvalue weighted by molar-refractivity contribution is 0.0827. The summed E-state index contributed by atoms with van der Waals surface area (Å²) >= 11 is 0. The van der Waals surface area contributed by atoms with Gasteiger partial charge in [-0.15, -0.1) is 0 Å². The summed E-state index contributed by atoms with van der Waals surface area (Å²) in [7, 11) is 3.39. The van der Waals surface area contributed by atoms with Crippen molar-refractivity contribution in [1.82, 2.24) is 4.90 Å². The van der Waals surface area contributed by atoms with Crippen LogP contribution in [0.3, 0.4) is 0 Å². The molecular formula is C25H31NO4. The van der Waals surface area contributed by atoms with Crippen molar-refractivity contribution in [3.63, 3.8) is 0 Å². The van der Waals surface area contributed by atoms with Crippen molar-refractivity contribution in [3.8, 4) is 11.5 Å². The molecule has 0 saturated carbocycles. The zero-order valence-corrected chi connectivity index (χ0v) is 18.5. The van der Waals surface area contributed by atoms with E-state index < -0.39 is 0 Å². The Morgan fingerprint density at radius 1 is 0.900 bits per heavy atom. The summed E-state index contributed by atoms with van der Waals surface area (Å²) in [6, 6.07) is 10.6. The molecule has 5 heteroatoms. The van der Waals surface area contributed by atoms with Crippen LogP contribution in [0.4, 0.5) is 0 Å². The van der Waals surface area contributed by atoms with Crippen molar-refractivity contribution in [2.75, 3.05) is 27.3 Å². The number of benzene rings is 2. The van der Waals surface area contributed by atoms with Gasteiger partial charge in [0.2, 0.25) is 0 Å². The minimum absolute atomic E-state index is 0.0972. The fraction of sp³-hybridized carbons (Fsp3) is 0.360. The van der Waals surface area contributed by atoms with Gasteiger partial charge in [0.15, 0.2) is 5.78 Å². The van der Waals surface area contributed by atoms with Crippen LogP contribution in [0.15, 0.2) is 42.5 Å². The van der Waals surface area contributed by atoms with Crippen molar-refractivity contribution in [3.05, 3.63) is 64.7 Å². The first kappa shape index (κ1) is 23.2. The molecule has 0 aliphatic rings. The molecule has 0 fully saturated rings. The summed E-state index contributed by atoms with van der Waals surface area (Å²) in [6.07, 6.45) is 5.17. The second-order valence-electron chi connectivity index (χ2n) is 7.06. The molecular weight excluding hydrogens is 378 g/mol. The van der Waals surface area contributed by atoms with Gasteiger partial charge in [-0.2, -0.15) is 0 Å². The molecule has 2 rings (SSSR count). The normalized spacial score (nSPS) is 10.8. The lowest BCUT2D eigenvalue weighted by Gasteiger charge is -2.16. The predicted molar refractivity (Wildman–Crippen MR) is 121 cm³/mol. The number of allylic oxidation sites excluding steroid dienone is 1. The predicted octanol–water partition coefficient (Wildman–Crippen LogP) is 5.03. The summed E-state index contributed by atoms with van der Waals surface area (Å²) in [6.45, 7) is 7.04. The van der Waals surface area contributed by atoms with E-state index in [2.05, 4.69) is 6.92 Å². The van der Waals surface area contributed by atoms with Gasteiger partial charge in [0, 0.05) is 25.2 Å². The van der Waals surface area contributed by atoms with E-state index in [1.165, 1.54) is 11.0 Å². The molecule has 0 heterocycles. The minimum Gasteiger partial charge on any atom is -0.493 e. The Bertz CT molecular complexity index is 898. The number of rotatable bonds is 10. The number of amides is 1. The molecule has 30 heavy (non-hydrogen) atoms. The third-order valence-electron chi connectivity index (χ3n) is 4.57. The van der Waals surface area contributed by atoms with Crippen LogP contribution in [0.2, 0.25) is 0 Å². The highest BCUT2D eigenvalue weighted by Crippen LogP contribution is 2.35. The van der Waals surface area contributed by atoms with Crippen LogP contribution in [0, 0.1) is 0 Å². The minimum atomic E-state index is -0.148. The standard InChI is InChI=1S/C25H31NO4/c1-6-9-19-14-17-23(29-7-2)21(24(19)30-8-3)15-16-22(27)18-10-12-20(13-11-18)25(28)26(4)5/h10-17H,6-9H2,1-5H3/b16-15+. The van der Waals surface area contributed by atoms with Gasteiger partial charge >= 0.3 is 0 Å². The second kappa shape index (κ2) is 11.2. The van der Waals surface area contributed by atoms with Crippen LogP contribution < -0.4 is 9.47 Å². The van der Waals surface area contributed by atoms with Crippen molar-refractivity contribution in [2.45, 2.75) is 33.6 Å². The van der Waals surface area contributed by atoms with Crippen LogP contribution >= 0.6 is 0 Å². The monoisotopic (exact) mass is 409 g/mol. The maximum Gasteiger partial charge on any atom is 0.253 e. The van der Waals surface area contributed by atoms with Gasteiger partial charge in [0.1, 0.15) is 11.5 Å². The van der Waals surface area contributed by atoms with E-state index in [9.17, 15) is 9.59 Å². The molecule has 2 aromatic carbocycles. The van der Waals surface area contributed by atoms with E-state index in [4.69, 9.17) is 9.47 Å². The van der Waals surface area contributed by atoms with E-state index in [0.717, 1.165) is 29.7 Å². The van der Waals surface area contributed by atoms with Gasteiger partial charge in [0.05, 0.1) is 18.8 Å². The molecule has 160 valence electrons. The summed E-state index contributed by atoms with van der Waals surface area (Å²) in [5, 5.41) is 0. The van der Waals surface area contributed by atoms with Crippen LogP contribution in [0.1, 0.15) is 59.0 Å². The van der Waals surface area contributed by atoms with Crippen LogP contribution in [-0.2, 0) is 6.42 Å². The smallest absolute Gasteiger partial charge is 0.253 e. The van der Waals surface area contributed by atoms with E-state index in [1.807, 2.05) is 26.0 Å². The highest BCUT2D eigenvalue weighted by Gasteiger charge is 2.14. The maximum atomic E-state index is 12.7. The van der Waals surface area contributed by atoms with E-state index in [-0.39, 0.29) is 11.7 Å². The summed E-state index contributed by atoms with van der Waals surface area (Å²) in [5.74, 6) is 1.21. The highest BCUT2D eigenvalue weighted by molar-refractivity contribution is 6.07. The molecule has 0 aliphatic carbocycles.